The van der Waals surface area contributed by atoms with Crippen molar-refractivity contribution in [2.45, 2.75) is 46.6 Å². The molecule has 0 rings (SSSR count). The lowest BCUT2D eigenvalue weighted by Gasteiger charge is -2.17. The number of hydrogen-bond donors (Lipinski definition) is 0. The third-order valence-electron chi connectivity index (χ3n) is 2.15. The van der Waals surface area contributed by atoms with Gasteiger partial charge >= 0.3 is 5.97 Å². The second-order valence-corrected chi connectivity index (χ2v) is 4.61. The number of rotatable bonds is 7. The number of carbonyl (C=O) groups is 1. The van der Waals surface area contributed by atoms with Crippen LogP contribution in [0.3, 0.4) is 0 Å². The number of ether oxygens (including phenoxy) is 2. The molecule has 0 amide bonds. The number of hydrogen-bond acceptors (Lipinski definition) is 3. The van der Waals surface area contributed by atoms with Crippen molar-refractivity contribution in [1.29, 1.82) is 0 Å². The van der Waals surface area contributed by atoms with E-state index >= 15 is 0 Å². The van der Waals surface area contributed by atoms with Crippen LogP contribution in [0.4, 0.5) is 0 Å². The van der Waals surface area contributed by atoms with E-state index < -0.39 is 0 Å². The Hall–Kier alpha value is -0.570. The molecule has 15 heavy (non-hydrogen) atoms. The average molecular weight is 216 g/mol. The standard InChI is InChI=1S/C12H24O3/c1-9(2)6-7-11(8-14-5)12(13)15-10(3)4/h9-11H,6-8H2,1-5H3. The van der Waals surface area contributed by atoms with Crippen LogP contribution < -0.4 is 0 Å². The van der Waals surface area contributed by atoms with Crippen LogP contribution in [-0.4, -0.2) is 25.8 Å². The summed E-state index contributed by atoms with van der Waals surface area (Å²) in [6.07, 6.45) is 1.83. The van der Waals surface area contributed by atoms with Gasteiger partial charge in [-0.1, -0.05) is 20.3 Å². The molecule has 3 heteroatoms. The zero-order valence-corrected chi connectivity index (χ0v) is 10.6. The highest BCUT2D eigenvalue weighted by Gasteiger charge is 2.20. The third-order valence-corrected chi connectivity index (χ3v) is 2.15. The first kappa shape index (κ1) is 14.4. The van der Waals surface area contributed by atoms with E-state index in [0.717, 1.165) is 12.8 Å². The molecule has 1 atom stereocenters. The van der Waals surface area contributed by atoms with Crippen molar-refractivity contribution in [2.75, 3.05) is 13.7 Å². The van der Waals surface area contributed by atoms with Gasteiger partial charge in [-0.25, -0.2) is 0 Å². The summed E-state index contributed by atoms with van der Waals surface area (Å²) in [6.45, 7) is 8.49. The number of methoxy groups -OCH3 is 1. The van der Waals surface area contributed by atoms with Gasteiger partial charge in [0.05, 0.1) is 18.6 Å². The van der Waals surface area contributed by atoms with E-state index in [-0.39, 0.29) is 18.0 Å². The summed E-state index contributed by atoms with van der Waals surface area (Å²) in [4.78, 5) is 11.7. The van der Waals surface area contributed by atoms with Crippen LogP contribution in [0.1, 0.15) is 40.5 Å². The maximum absolute atomic E-state index is 11.7. The fourth-order valence-corrected chi connectivity index (χ4v) is 1.33. The number of carbonyl (C=O) groups excluding carboxylic acids is 1. The highest BCUT2D eigenvalue weighted by atomic mass is 16.5. The highest BCUT2D eigenvalue weighted by molar-refractivity contribution is 5.72. The Balaban J connectivity index is 4.06. The average Bonchev–Trinajstić information content (AvgIpc) is 2.10. The van der Waals surface area contributed by atoms with Crippen molar-refractivity contribution in [3.63, 3.8) is 0 Å². The maximum atomic E-state index is 11.7. The topological polar surface area (TPSA) is 35.5 Å². The molecule has 3 nitrogen and oxygen atoms in total. The molecule has 0 aromatic rings. The molecule has 1 unspecified atom stereocenters. The molecule has 0 aliphatic carbocycles. The van der Waals surface area contributed by atoms with E-state index in [9.17, 15) is 4.79 Å². The van der Waals surface area contributed by atoms with E-state index in [1.165, 1.54) is 0 Å². The first-order chi connectivity index (χ1) is 6.97. The summed E-state index contributed by atoms with van der Waals surface area (Å²) in [6, 6.07) is 0. The SMILES string of the molecule is COCC(CCC(C)C)C(=O)OC(C)C. The van der Waals surface area contributed by atoms with Crippen LogP contribution >= 0.6 is 0 Å². The summed E-state index contributed by atoms with van der Waals surface area (Å²) in [5.41, 5.74) is 0. The molecular weight excluding hydrogens is 192 g/mol. The summed E-state index contributed by atoms with van der Waals surface area (Å²) in [5.74, 6) is 0.364. The van der Waals surface area contributed by atoms with Crippen molar-refractivity contribution < 1.29 is 14.3 Å². The van der Waals surface area contributed by atoms with Crippen LogP contribution in [0.25, 0.3) is 0 Å². The van der Waals surface area contributed by atoms with Crippen LogP contribution in [0.2, 0.25) is 0 Å². The lowest BCUT2D eigenvalue weighted by Crippen LogP contribution is -2.25. The van der Waals surface area contributed by atoms with Crippen LogP contribution in [-0.2, 0) is 14.3 Å². The molecule has 0 aliphatic heterocycles. The van der Waals surface area contributed by atoms with Gasteiger partial charge in [0.1, 0.15) is 0 Å². The minimum Gasteiger partial charge on any atom is -0.463 e. The Labute approximate surface area is 93.1 Å². The van der Waals surface area contributed by atoms with Gasteiger partial charge in [0.15, 0.2) is 0 Å². The largest absolute Gasteiger partial charge is 0.463 e. The van der Waals surface area contributed by atoms with E-state index in [4.69, 9.17) is 9.47 Å². The highest BCUT2D eigenvalue weighted by Crippen LogP contribution is 2.15. The van der Waals surface area contributed by atoms with Crippen molar-refractivity contribution in [1.82, 2.24) is 0 Å². The van der Waals surface area contributed by atoms with Gasteiger partial charge in [0.25, 0.3) is 0 Å². The smallest absolute Gasteiger partial charge is 0.311 e. The van der Waals surface area contributed by atoms with Crippen LogP contribution in [0.15, 0.2) is 0 Å². The summed E-state index contributed by atoms with van der Waals surface area (Å²) < 4.78 is 10.2. The van der Waals surface area contributed by atoms with E-state index in [2.05, 4.69) is 13.8 Å². The van der Waals surface area contributed by atoms with Gasteiger partial charge in [0, 0.05) is 7.11 Å². The molecule has 0 N–H and O–H groups in total. The van der Waals surface area contributed by atoms with E-state index in [1.807, 2.05) is 13.8 Å². The van der Waals surface area contributed by atoms with Crippen molar-refractivity contribution >= 4 is 5.97 Å². The first-order valence-electron chi connectivity index (χ1n) is 5.66. The van der Waals surface area contributed by atoms with Crippen LogP contribution in [0, 0.1) is 11.8 Å². The molecule has 0 aromatic heterocycles. The van der Waals surface area contributed by atoms with E-state index in [0.29, 0.717) is 12.5 Å². The van der Waals surface area contributed by atoms with Gasteiger partial charge in [0.2, 0.25) is 0 Å². The molecular formula is C12H24O3. The monoisotopic (exact) mass is 216 g/mol. The quantitative estimate of drug-likeness (QED) is 0.614. The fourth-order valence-electron chi connectivity index (χ4n) is 1.33. The molecule has 0 radical (unpaired) electrons. The van der Waals surface area contributed by atoms with Gasteiger partial charge in [-0.05, 0) is 26.2 Å². The lowest BCUT2D eigenvalue weighted by atomic mass is 9.98. The Morgan fingerprint density at radius 1 is 1.13 bits per heavy atom. The van der Waals surface area contributed by atoms with Gasteiger partial charge < -0.3 is 9.47 Å². The molecule has 0 fully saturated rings. The molecule has 0 aromatic carbocycles. The molecule has 0 saturated carbocycles. The van der Waals surface area contributed by atoms with Crippen LogP contribution in [0.5, 0.6) is 0 Å². The summed E-state index contributed by atoms with van der Waals surface area (Å²) in [7, 11) is 1.62. The summed E-state index contributed by atoms with van der Waals surface area (Å²) in [5, 5.41) is 0. The molecule has 0 spiro atoms. The zero-order chi connectivity index (χ0) is 11.8. The number of esters is 1. The molecule has 90 valence electrons. The van der Waals surface area contributed by atoms with Gasteiger partial charge in [-0.2, -0.15) is 0 Å². The lowest BCUT2D eigenvalue weighted by molar-refractivity contribution is -0.154. The molecule has 0 heterocycles. The normalized spacial score (nSPS) is 13.3. The van der Waals surface area contributed by atoms with Gasteiger partial charge in [-0.3, -0.25) is 4.79 Å². The predicted molar refractivity (Wildman–Crippen MR) is 60.7 cm³/mol. The fraction of sp³-hybridized carbons (Fsp3) is 0.917. The van der Waals surface area contributed by atoms with Gasteiger partial charge in [-0.15, -0.1) is 0 Å². The van der Waals surface area contributed by atoms with E-state index in [1.54, 1.807) is 7.11 Å². The first-order valence-corrected chi connectivity index (χ1v) is 5.66. The molecule has 0 aliphatic rings. The zero-order valence-electron chi connectivity index (χ0n) is 10.6. The summed E-state index contributed by atoms with van der Waals surface area (Å²) >= 11 is 0. The molecule has 0 saturated heterocycles. The predicted octanol–water partition coefficient (Wildman–Crippen LogP) is 2.64. The van der Waals surface area contributed by atoms with Crippen molar-refractivity contribution in [3.05, 3.63) is 0 Å². The minimum absolute atomic E-state index is 0.0455. The molecule has 0 bridgehead atoms. The Bertz CT molecular complexity index is 176. The third kappa shape index (κ3) is 7.37. The Morgan fingerprint density at radius 3 is 2.13 bits per heavy atom. The second kappa shape index (κ2) is 7.69. The maximum Gasteiger partial charge on any atom is 0.311 e. The van der Waals surface area contributed by atoms with Crippen molar-refractivity contribution in [3.8, 4) is 0 Å². The van der Waals surface area contributed by atoms with Crippen molar-refractivity contribution in [2.24, 2.45) is 11.8 Å². The Kier molecular flexibility index (Phi) is 7.39. The minimum atomic E-state index is -0.132. The Morgan fingerprint density at radius 2 is 1.73 bits per heavy atom. The second-order valence-electron chi connectivity index (χ2n) is 4.61.